The van der Waals surface area contributed by atoms with Gasteiger partial charge in [-0.1, -0.05) is 72.7 Å². The maximum absolute atomic E-state index is 11.1. The van der Waals surface area contributed by atoms with Gasteiger partial charge in [0.25, 0.3) is 0 Å². The second-order valence-corrected chi connectivity index (χ2v) is 7.98. The largest absolute Gasteiger partial charge is 0.438 e. The first-order chi connectivity index (χ1) is 16.2. The minimum atomic E-state index is -0.516. The van der Waals surface area contributed by atoms with Gasteiger partial charge in [0.2, 0.25) is 0 Å². The maximum Gasteiger partial charge on any atom is 0.438 e. The Labute approximate surface area is 191 Å². The monoisotopic (exact) mass is 436 g/mol. The zero-order valence-electron chi connectivity index (χ0n) is 18.3. The van der Waals surface area contributed by atoms with Gasteiger partial charge in [0.1, 0.15) is 0 Å². The number of nitrogens with one attached hydrogen (secondary N) is 2. The number of hydrogen-bond donors (Lipinski definition) is 2. The van der Waals surface area contributed by atoms with Gasteiger partial charge in [0, 0.05) is 11.8 Å². The molecule has 0 aliphatic heterocycles. The van der Waals surface area contributed by atoms with Crippen molar-refractivity contribution in [2.45, 2.75) is 26.2 Å². The molecule has 164 valence electrons. The smallest absolute Gasteiger partial charge is 0.296 e. The summed E-state index contributed by atoms with van der Waals surface area (Å²) in [5, 5.41) is 12.1. The summed E-state index contributed by atoms with van der Waals surface area (Å²) in [7, 11) is 0. The van der Waals surface area contributed by atoms with Crippen molar-refractivity contribution in [3.05, 3.63) is 118 Å². The summed E-state index contributed by atoms with van der Waals surface area (Å²) in [6, 6.07) is 25.6. The van der Waals surface area contributed by atoms with Crippen LogP contribution in [-0.4, -0.2) is 20.3 Å². The molecule has 0 aliphatic rings. The third kappa shape index (κ3) is 4.41. The molecule has 2 aromatic heterocycles. The lowest BCUT2D eigenvalue weighted by Crippen LogP contribution is -1.99. The fraction of sp³-hybridized carbons (Fsp3) is 0.148. The first kappa shape index (κ1) is 20.7. The highest BCUT2D eigenvalue weighted by Crippen LogP contribution is 2.35. The summed E-state index contributed by atoms with van der Waals surface area (Å²) in [5.41, 5.74) is 8.27. The number of aryl methyl sites for hydroxylation is 2. The van der Waals surface area contributed by atoms with Crippen LogP contribution in [0.3, 0.4) is 0 Å². The Morgan fingerprint density at radius 2 is 1.70 bits per heavy atom. The average molecular weight is 437 g/mol. The van der Waals surface area contributed by atoms with Crippen molar-refractivity contribution in [3.8, 4) is 0 Å². The molecule has 0 aliphatic carbocycles. The number of H-pyrrole nitrogens is 2. The van der Waals surface area contributed by atoms with Gasteiger partial charge in [0.05, 0.1) is 11.7 Å². The van der Waals surface area contributed by atoms with Crippen LogP contribution >= 0.6 is 0 Å². The summed E-state index contributed by atoms with van der Waals surface area (Å²) in [6.45, 7) is 2.20. The molecular weight excluding hydrogens is 412 g/mol. The molecule has 0 bridgehead atoms. The van der Waals surface area contributed by atoms with E-state index in [0.717, 1.165) is 34.9 Å². The van der Waals surface area contributed by atoms with E-state index in [1.807, 2.05) is 12.3 Å². The average Bonchev–Trinajstić information content (AvgIpc) is 3.50. The molecule has 2 heterocycles. The third-order valence-corrected chi connectivity index (χ3v) is 5.88. The van der Waals surface area contributed by atoms with Crippen LogP contribution in [0.4, 0.5) is 0 Å². The third-order valence-electron chi connectivity index (χ3n) is 5.88. The summed E-state index contributed by atoms with van der Waals surface area (Å²) in [5.74, 6) is 0.0492. The Kier molecular flexibility index (Phi) is 5.72. The fourth-order valence-electron chi connectivity index (χ4n) is 4.25. The SMILES string of the molecule is CC/C(=C(/c1ccc(CCc2noc(=O)[nH]2)cc1)c1ccc2[nH]ncc2c1)c1ccccc1. The lowest BCUT2D eigenvalue weighted by atomic mass is 9.87. The van der Waals surface area contributed by atoms with Crippen molar-refractivity contribution in [1.82, 2.24) is 20.3 Å². The summed E-state index contributed by atoms with van der Waals surface area (Å²) in [4.78, 5) is 13.7. The molecule has 0 spiro atoms. The van der Waals surface area contributed by atoms with Crippen LogP contribution in [0.5, 0.6) is 0 Å². The molecular formula is C27H24N4O2. The van der Waals surface area contributed by atoms with Crippen LogP contribution in [0.1, 0.15) is 41.4 Å². The molecule has 3 aromatic carbocycles. The second-order valence-electron chi connectivity index (χ2n) is 7.98. The fourth-order valence-corrected chi connectivity index (χ4v) is 4.25. The van der Waals surface area contributed by atoms with E-state index in [4.69, 9.17) is 0 Å². The highest BCUT2D eigenvalue weighted by molar-refractivity contribution is 6.00. The summed E-state index contributed by atoms with van der Waals surface area (Å²) >= 11 is 0. The molecule has 33 heavy (non-hydrogen) atoms. The number of benzene rings is 3. The van der Waals surface area contributed by atoms with Crippen molar-refractivity contribution in [2.75, 3.05) is 0 Å². The Morgan fingerprint density at radius 1 is 0.909 bits per heavy atom. The molecule has 2 N–H and O–H groups in total. The zero-order valence-corrected chi connectivity index (χ0v) is 18.3. The number of fused-ring (bicyclic) bond motifs is 1. The quantitative estimate of drug-likeness (QED) is 0.335. The molecule has 0 amide bonds. The predicted molar refractivity (Wildman–Crippen MR) is 130 cm³/mol. The maximum atomic E-state index is 11.1. The Balaban J connectivity index is 1.55. The van der Waals surface area contributed by atoms with Crippen molar-refractivity contribution in [2.24, 2.45) is 0 Å². The highest BCUT2D eigenvalue weighted by atomic mass is 16.5. The molecule has 0 fully saturated rings. The van der Waals surface area contributed by atoms with Gasteiger partial charge in [-0.2, -0.15) is 5.10 Å². The molecule has 0 unspecified atom stereocenters. The van der Waals surface area contributed by atoms with E-state index in [-0.39, 0.29) is 0 Å². The predicted octanol–water partition coefficient (Wildman–Crippen LogP) is 5.39. The van der Waals surface area contributed by atoms with Crippen molar-refractivity contribution in [1.29, 1.82) is 0 Å². The van der Waals surface area contributed by atoms with Crippen molar-refractivity contribution in [3.63, 3.8) is 0 Å². The minimum Gasteiger partial charge on any atom is -0.296 e. The van der Waals surface area contributed by atoms with Crippen molar-refractivity contribution >= 4 is 22.0 Å². The Morgan fingerprint density at radius 3 is 2.42 bits per heavy atom. The van der Waals surface area contributed by atoms with Crippen LogP contribution in [-0.2, 0) is 12.8 Å². The molecule has 0 atom stereocenters. The van der Waals surface area contributed by atoms with E-state index in [2.05, 4.69) is 98.5 Å². The summed E-state index contributed by atoms with van der Waals surface area (Å²) < 4.78 is 4.58. The lowest BCUT2D eigenvalue weighted by Gasteiger charge is -2.17. The number of allylic oxidation sites excluding steroid dienone is 1. The summed E-state index contributed by atoms with van der Waals surface area (Å²) in [6.07, 6.45) is 4.16. The van der Waals surface area contributed by atoms with Crippen LogP contribution in [0.2, 0.25) is 0 Å². The van der Waals surface area contributed by atoms with Gasteiger partial charge in [0.15, 0.2) is 5.82 Å². The van der Waals surface area contributed by atoms with Gasteiger partial charge in [-0.15, -0.1) is 0 Å². The molecule has 0 radical (unpaired) electrons. The molecule has 5 rings (SSSR count). The number of aromatic amines is 2. The van der Waals surface area contributed by atoms with E-state index < -0.39 is 5.76 Å². The van der Waals surface area contributed by atoms with Crippen LogP contribution in [0.15, 0.2) is 88.3 Å². The van der Waals surface area contributed by atoms with E-state index in [1.165, 1.54) is 22.3 Å². The van der Waals surface area contributed by atoms with Crippen molar-refractivity contribution < 1.29 is 4.52 Å². The van der Waals surface area contributed by atoms with Gasteiger partial charge in [-0.3, -0.25) is 14.6 Å². The number of nitrogens with zero attached hydrogens (tertiary/aromatic N) is 2. The number of aromatic nitrogens is 4. The number of hydrogen-bond acceptors (Lipinski definition) is 4. The first-order valence-electron chi connectivity index (χ1n) is 11.1. The van der Waals surface area contributed by atoms with Crippen LogP contribution < -0.4 is 5.76 Å². The first-order valence-corrected chi connectivity index (χ1v) is 11.1. The Bertz CT molecular complexity index is 1460. The minimum absolute atomic E-state index is 0.516. The van der Waals surface area contributed by atoms with Crippen LogP contribution in [0, 0.1) is 0 Å². The van der Waals surface area contributed by atoms with E-state index >= 15 is 0 Å². The van der Waals surface area contributed by atoms with Gasteiger partial charge >= 0.3 is 5.76 Å². The van der Waals surface area contributed by atoms with E-state index in [9.17, 15) is 4.79 Å². The second kappa shape index (κ2) is 9.12. The van der Waals surface area contributed by atoms with Gasteiger partial charge in [-0.05, 0) is 58.4 Å². The normalized spacial score (nSPS) is 12.2. The molecule has 0 saturated heterocycles. The van der Waals surface area contributed by atoms with Gasteiger partial charge < -0.3 is 0 Å². The Hall–Kier alpha value is -4.19. The van der Waals surface area contributed by atoms with Crippen LogP contribution in [0.25, 0.3) is 22.0 Å². The molecule has 0 saturated carbocycles. The molecule has 5 aromatic rings. The zero-order chi connectivity index (χ0) is 22.6. The lowest BCUT2D eigenvalue weighted by molar-refractivity contribution is 0.381. The van der Waals surface area contributed by atoms with E-state index in [1.54, 1.807) is 0 Å². The standard InChI is InChI=1S/C27H24N4O2/c1-2-23(19-6-4-3-5-7-19)26(21-13-14-24-22(16-21)17-28-30-24)20-11-8-18(9-12-20)10-15-25-29-27(32)33-31-25/h3-9,11-14,16-17H,2,10,15H2,1H3,(H,28,30)(H,29,31,32)/b26-23+. The van der Waals surface area contributed by atoms with Gasteiger partial charge in [-0.25, -0.2) is 4.79 Å². The topological polar surface area (TPSA) is 87.6 Å². The molecule has 6 heteroatoms. The number of rotatable bonds is 7. The molecule has 6 nitrogen and oxygen atoms in total. The van der Waals surface area contributed by atoms with E-state index in [0.29, 0.717) is 12.2 Å². The highest BCUT2D eigenvalue weighted by Gasteiger charge is 2.14.